The fraction of sp³-hybridized carbons (Fsp3) is 0.353. The molecule has 0 aliphatic carbocycles. The molecule has 112 valence electrons. The number of benzene rings is 1. The Kier molecular flexibility index (Phi) is 4.81. The Balaban J connectivity index is 2.57. The number of nitrogens with zero attached hydrogens (tertiary/aromatic N) is 1. The van der Waals surface area contributed by atoms with Crippen molar-refractivity contribution in [2.75, 3.05) is 14.2 Å². The molecule has 1 N–H and O–H groups in total. The Bertz CT molecular complexity index is 657. The minimum atomic E-state index is 0.0627. The summed E-state index contributed by atoms with van der Waals surface area (Å²) in [6.45, 7) is 4.63. The van der Waals surface area contributed by atoms with E-state index in [1.54, 1.807) is 7.11 Å². The molecule has 0 bridgehead atoms. The molecule has 0 saturated heterocycles. The van der Waals surface area contributed by atoms with Gasteiger partial charge in [-0.2, -0.15) is 0 Å². The van der Waals surface area contributed by atoms with E-state index in [1.165, 1.54) is 0 Å². The predicted molar refractivity (Wildman–Crippen MR) is 85.8 cm³/mol. The topological polar surface area (TPSA) is 43.3 Å². The second-order valence-corrected chi connectivity index (χ2v) is 5.27. The van der Waals surface area contributed by atoms with Crippen LogP contribution in [0.25, 0.3) is 11.3 Å². The maximum Gasteiger partial charge on any atom is 0.255 e. The number of nitrogens with one attached hydrogen (secondary N) is 1. The Morgan fingerprint density at radius 3 is 2.33 bits per heavy atom. The fourth-order valence-corrected chi connectivity index (χ4v) is 2.43. The van der Waals surface area contributed by atoms with Gasteiger partial charge in [0.25, 0.3) is 5.56 Å². The average Bonchev–Trinajstić information content (AvgIpc) is 2.49. The number of methoxy groups -OCH3 is 1. The third kappa shape index (κ3) is 3.16. The molecule has 0 radical (unpaired) electrons. The van der Waals surface area contributed by atoms with Gasteiger partial charge in [-0.15, -0.1) is 0 Å². The molecule has 0 atom stereocenters. The molecule has 0 saturated carbocycles. The van der Waals surface area contributed by atoms with Gasteiger partial charge in [0, 0.05) is 18.2 Å². The van der Waals surface area contributed by atoms with Crippen molar-refractivity contribution in [3.05, 3.63) is 52.3 Å². The molecule has 0 aliphatic heterocycles. The quantitative estimate of drug-likeness (QED) is 0.919. The normalized spacial score (nSPS) is 10.9. The van der Waals surface area contributed by atoms with E-state index in [9.17, 15) is 4.79 Å². The van der Waals surface area contributed by atoms with Crippen LogP contribution < -0.4 is 15.6 Å². The predicted octanol–water partition coefficient (Wildman–Crippen LogP) is 2.82. The van der Waals surface area contributed by atoms with E-state index in [2.05, 4.69) is 5.32 Å². The zero-order valence-electron chi connectivity index (χ0n) is 13.0. The summed E-state index contributed by atoms with van der Waals surface area (Å²) in [5, 5.41) is 3.04. The van der Waals surface area contributed by atoms with Gasteiger partial charge in [-0.25, -0.2) is 0 Å². The lowest BCUT2D eigenvalue weighted by Gasteiger charge is -2.18. The Morgan fingerprint density at radius 1 is 1.14 bits per heavy atom. The Labute approximate surface area is 125 Å². The van der Waals surface area contributed by atoms with Crippen LogP contribution in [0.4, 0.5) is 0 Å². The lowest BCUT2D eigenvalue weighted by Crippen LogP contribution is -2.28. The van der Waals surface area contributed by atoms with E-state index < -0.39 is 0 Å². The van der Waals surface area contributed by atoms with E-state index in [0.29, 0.717) is 6.54 Å². The van der Waals surface area contributed by atoms with E-state index in [-0.39, 0.29) is 11.6 Å². The smallest absolute Gasteiger partial charge is 0.255 e. The molecule has 0 amide bonds. The molecule has 0 fully saturated rings. The molecule has 1 aromatic heterocycles. The number of rotatable bonds is 5. The van der Waals surface area contributed by atoms with Crippen LogP contribution in [-0.4, -0.2) is 18.7 Å². The van der Waals surface area contributed by atoms with Crippen LogP contribution in [0, 0.1) is 0 Å². The Hall–Kier alpha value is -2.07. The maximum atomic E-state index is 12.6. The highest BCUT2D eigenvalue weighted by atomic mass is 16.5. The van der Waals surface area contributed by atoms with Crippen LogP contribution in [0.1, 0.15) is 25.5 Å². The summed E-state index contributed by atoms with van der Waals surface area (Å²) in [7, 11) is 3.49. The molecular weight excluding hydrogens is 264 g/mol. The van der Waals surface area contributed by atoms with Crippen molar-refractivity contribution >= 4 is 0 Å². The molecule has 0 aliphatic rings. The fourth-order valence-electron chi connectivity index (χ4n) is 2.43. The summed E-state index contributed by atoms with van der Waals surface area (Å²) in [6, 6.07) is 11.8. The van der Waals surface area contributed by atoms with Crippen molar-refractivity contribution in [2.45, 2.75) is 26.4 Å². The monoisotopic (exact) mass is 286 g/mol. The molecule has 2 rings (SSSR count). The number of aromatic nitrogens is 1. The highest BCUT2D eigenvalue weighted by Crippen LogP contribution is 2.23. The molecule has 4 heteroatoms. The summed E-state index contributed by atoms with van der Waals surface area (Å²) < 4.78 is 7.02. The van der Waals surface area contributed by atoms with Crippen molar-refractivity contribution in [1.29, 1.82) is 0 Å². The molecular formula is C17H22N2O2. The summed E-state index contributed by atoms with van der Waals surface area (Å²) in [5.41, 5.74) is 2.78. The summed E-state index contributed by atoms with van der Waals surface area (Å²) in [4.78, 5) is 12.6. The van der Waals surface area contributed by atoms with E-state index in [4.69, 9.17) is 4.74 Å². The minimum absolute atomic E-state index is 0.0627. The van der Waals surface area contributed by atoms with Gasteiger partial charge in [0.15, 0.2) is 0 Å². The van der Waals surface area contributed by atoms with Gasteiger partial charge in [-0.3, -0.25) is 4.79 Å². The molecule has 0 spiro atoms. The summed E-state index contributed by atoms with van der Waals surface area (Å²) in [6.07, 6.45) is 0. The lowest BCUT2D eigenvalue weighted by atomic mass is 10.1. The highest BCUT2D eigenvalue weighted by Gasteiger charge is 2.12. The standard InChI is InChI=1S/C17H22N2O2/c1-12(2)19-16(10-7-14(11-18-3)17(19)20)13-5-8-15(21-4)9-6-13/h5-10,12,18H,11H2,1-4H3. The van der Waals surface area contributed by atoms with Crippen LogP contribution in [0.5, 0.6) is 5.75 Å². The van der Waals surface area contributed by atoms with Crippen LogP contribution in [0.3, 0.4) is 0 Å². The first-order valence-corrected chi connectivity index (χ1v) is 7.12. The number of pyridine rings is 1. The Morgan fingerprint density at radius 2 is 1.81 bits per heavy atom. The third-order valence-electron chi connectivity index (χ3n) is 3.46. The van der Waals surface area contributed by atoms with Gasteiger partial charge in [-0.05, 0) is 56.8 Å². The van der Waals surface area contributed by atoms with Crippen molar-refractivity contribution in [3.63, 3.8) is 0 Å². The lowest BCUT2D eigenvalue weighted by molar-refractivity contribution is 0.415. The van der Waals surface area contributed by atoms with Crippen LogP contribution in [0.15, 0.2) is 41.2 Å². The zero-order chi connectivity index (χ0) is 15.4. The van der Waals surface area contributed by atoms with Crippen molar-refractivity contribution in [2.24, 2.45) is 0 Å². The second-order valence-electron chi connectivity index (χ2n) is 5.27. The minimum Gasteiger partial charge on any atom is -0.497 e. The number of hydrogen-bond donors (Lipinski definition) is 1. The molecule has 21 heavy (non-hydrogen) atoms. The molecule has 0 unspecified atom stereocenters. The third-order valence-corrected chi connectivity index (χ3v) is 3.46. The number of hydrogen-bond acceptors (Lipinski definition) is 3. The summed E-state index contributed by atoms with van der Waals surface area (Å²) in [5.74, 6) is 0.809. The first kappa shape index (κ1) is 15.3. The van der Waals surface area contributed by atoms with Gasteiger partial charge in [0.2, 0.25) is 0 Å². The first-order valence-electron chi connectivity index (χ1n) is 7.12. The van der Waals surface area contributed by atoms with E-state index >= 15 is 0 Å². The molecule has 4 nitrogen and oxygen atoms in total. The SMILES string of the molecule is CNCc1ccc(-c2ccc(OC)cc2)n(C(C)C)c1=O. The molecule has 1 heterocycles. The van der Waals surface area contributed by atoms with Gasteiger partial charge >= 0.3 is 0 Å². The van der Waals surface area contributed by atoms with Gasteiger partial charge in [-0.1, -0.05) is 6.07 Å². The summed E-state index contributed by atoms with van der Waals surface area (Å²) >= 11 is 0. The van der Waals surface area contributed by atoms with Crippen molar-refractivity contribution in [1.82, 2.24) is 9.88 Å². The van der Waals surface area contributed by atoms with Crippen molar-refractivity contribution < 1.29 is 4.74 Å². The highest BCUT2D eigenvalue weighted by molar-refractivity contribution is 5.61. The van der Waals surface area contributed by atoms with Gasteiger partial charge in [0.1, 0.15) is 5.75 Å². The largest absolute Gasteiger partial charge is 0.497 e. The van der Waals surface area contributed by atoms with E-state index in [0.717, 1.165) is 22.6 Å². The van der Waals surface area contributed by atoms with Crippen molar-refractivity contribution in [3.8, 4) is 17.0 Å². The maximum absolute atomic E-state index is 12.6. The second kappa shape index (κ2) is 6.59. The first-order chi connectivity index (χ1) is 10.1. The molecule has 2 aromatic rings. The van der Waals surface area contributed by atoms with Gasteiger partial charge in [0.05, 0.1) is 12.8 Å². The van der Waals surface area contributed by atoms with Crippen LogP contribution in [-0.2, 0) is 6.54 Å². The van der Waals surface area contributed by atoms with Crippen LogP contribution >= 0.6 is 0 Å². The average molecular weight is 286 g/mol. The van der Waals surface area contributed by atoms with E-state index in [1.807, 2.05) is 61.9 Å². The van der Waals surface area contributed by atoms with Crippen LogP contribution in [0.2, 0.25) is 0 Å². The zero-order valence-corrected chi connectivity index (χ0v) is 13.0. The number of ether oxygens (including phenoxy) is 1. The molecule has 1 aromatic carbocycles. The van der Waals surface area contributed by atoms with Gasteiger partial charge < -0.3 is 14.6 Å².